The molecule has 0 heterocycles. The molecule has 2 aromatic carbocycles. The number of rotatable bonds is 2. The molecule has 94 valence electrons. The summed E-state index contributed by atoms with van der Waals surface area (Å²) in [6.07, 6.45) is 0. The van der Waals surface area contributed by atoms with Crippen LogP contribution in [0.15, 0.2) is 30.3 Å². The Hall–Kier alpha value is -1.96. The first-order chi connectivity index (χ1) is 8.47. The fraction of sp³-hybridized carbons (Fsp3) is 0.250. The van der Waals surface area contributed by atoms with Gasteiger partial charge in [0.2, 0.25) is 0 Å². The summed E-state index contributed by atoms with van der Waals surface area (Å²) in [5.41, 5.74) is 13.8. The van der Waals surface area contributed by atoms with Crippen LogP contribution in [0.25, 0.3) is 0 Å². The third kappa shape index (κ3) is 2.48. The first-order valence-electron chi connectivity index (χ1n) is 6.18. The molecule has 0 unspecified atom stereocenters. The lowest BCUT2D eigenvalue weighted by atomic mass is 10.1. The quantitative estimate of drug-likeness (QED) is 0.770. The summed E-state index contributed by atoms with van der Waals surface area (Å²) in [4.78, 5) is 0. The Morgan fingerprint density at radius 2 is 1.44 bits per heavy atom. The van der Waals surface area contributed by atoms with E-state index in [1.54, 1.807) is 0 Å². The van der Waals surface area contributed by atoms with Crippen LogP contribution in [0, 0.1) is 27.7 Å². The molecule has 0 aromatic heterocycles. The average molecular weight is 240 g/mol. The number of nitrogens with one attached hydrogen (secondary N) is 1. The second kappa shape index (κ2) is 4.73. The smallest absolute Gasteiger partial charge is 0.0623 e. The van der Waals surface area contributed by atoms with Gasteiger partial charge >= 0.3 is 0 Å². The standard InChI is InChI=1S/C16H20N2/c1-10-5-6-12(3)14(8-10)18-15-9-11(2)7-13(4)16(15)17/h5-9,18H,17H2,1-4H3. The maximum Gasteiger partial charge on any atom is 0.0623 e. The molecule has 0 aliphatic rings. The number of hydrogen-bond donors (Lipinski definition) is 2. The number of benzene rings is 2. The molecule has 18 heavy (non-hydrogen) atoms. The van der Waals surface area contributed by atoms with Gasteiger partial charge in [-0.05, 0) is 62.1 Å². The number of hydrogen-bond acceptors (Lipinski definition) is 2. The van der Waals surface area contributed by atoms with Crippen LogP contribution in [-0.4, -0.2) is 0 Å². The van der Waals surface area contributed by atoms with E-state index in [9.17, 15) is 0 Å². The van der Waals surface area contributed by atoms with E-state index in [0.29, 0.717) is 0 Å². The molecule has 0 saturated carbocycles. The largest absolute Gasteiger partial charge is 0.397 e. The number of nitrogens with two attached hydrogens (primary N) is 1. The van der Waals surface area contributed by atoms with E-state index < -0.39 is 0 Å². The van der Waals surface area contributed by atoms with Crippen LogP contribution in [0.1, 0.15) is 22.3 Å². The summed E-state index contributed by atoms with van der Waals surface area (Å²) in [5, 5.41) is 3.44. The van der Waals surface area contributed by atoms with Crippen LogP contribution in [0.4, 0.5) is 17.1 Å². The van der Waals surface area contributed by atoms with E-state index in [1.165, 1.54) is 16.7 Å². The third-order valence-corrected chi connectivity index (χ3v) is 3.19. The molecule has 2 aromatic rings. The minimum Gasteiger partial charge on any atom is -0.397 e. The van der Waals surface area contributed by atoms with Crippen molar-refractivity contribution in [2.45, 2.75) is 27.7 Å². The minimum absolute atomic E-state index is 0.821. The lowest BCUT2D eigenvalue weighted by Gasteiger charge is -2.15. The molecule has 0 atom stereocenters. The van der Waals surface area contributed by atoms with Crippen molar-refractivity contribution in [3.8, 4) is 0 Å². The van der Waals surface area contributed by atoms with Crippen LogP contribution in [-0.2, 0) is 0 Å². The number of nitrogen functional groups attached to an aromatic ring is 1. The Kier molecular flexibility index (Phi) is 3.28. The number of aryl methyl sites for hydroxylation is 4. The molecule has 0 aliphatic carbocycles. The highest BCUT2D eigenvalue weighted by Crippen LogP contribution is 2.29. The summed E-state index contributed by atoms with van der Waals surface area (Å²) in [6, 6.07) is 10.6. The van der Waals surface area contributed by atoms with E-state index in [-0.39, 0.29) is 0 Å². The molecule has 0 bridgehead atoms. The van der Waals surface area contributed by atoms with Crippen molar-refractivity contribution in [3.05, 3.63) is 52.6 Å². The normalized spacial score (nSPS) is 10.4. The molecular weight excluding hydrogens is 220 g/mol. The molecule has 3 N–H and O–H groups in total. The SMILES string of the molecule is Cc1ccc(C)c(Nc2cc(C)cc(C)c2N)c1. The fourth-order valence-electron chi connectivity index (χ4n) is 2.10. The minimum atomic E-state index is 0.821. The highest BCUT2D eigenvalue weighted by Gasteiger charge is 2.05. The van der Waals surface area contributed by atoms with Gasteiger partial charge < -0.3 is 11.1 Å². The average Bonchev–Trinajstić information content (AvgIpc) is 2.30. The Bertz CT molecular complexity index is 586. The summed E-state index contributed by atoms with van der Waals surface area (Å²) in [6.45, 7) is 8.31. The Balaban J connectivity index is 2.43. The van der Waals surface area contributed by atoms with Crippen molar-refractivity contribution in [2.75, 3.05) is 11.1 Å². The zero-order valence-electron chi connectivity index (χ0n) is 11.5. The van der Waals surface area contributed by atoms with Crippen molar-refractivity contribution >= 4 is 17.1 Å². The van der Waals surface area contributed by atoms with Crippen molar-refractivity contribution in [1.82, 2.24) is 0 Å². The highest BCUT2D eigenvalue weighted by molar-refractivity contribution is 5.77. The molecule has 0 saturated heterocycles. The number of anilines is 3. The van der Waals surface area contributed by atoms with Crippen molar-refractivity contribution in [2.24, 2.45) is 0 Å². The second-order valence-corrected chi connectivity index (χ2v) is 4.99. The van der Waals surface area contributed by atoms with Crippen LogP contribution >= 0.6 is 0 Å². The molecule has 0 radical (unpaired) electrons. The summed E-state index contributed by atoms with van der Waals surface area (Å²) >= 11 is 0. The Morgan fingerprint density at radius 3 is 2.17 bits per heavy atom. The van der Waals surface area contributed by atoms with Gasteiger partial charge in [0.05, 0.1) is 11.4 Å². The van der Waals surface area contributed by atoms with Gasteiger partial charge in [0, 0.05) is 5.69 Å². The van der Waals surface area contributed by atoms with Crippen LogP contribution in [0.3, 0.4) is 0 Å². The zero-order valence-corrected chi connectivity index (χ0v) is 11.5. The van der Waals surface area contributed by atoms with E-state index in [4.69, 9.17) is 5.73 Å². The first kappa shape index (κ1) is 12.5. The van der Waals surface area contributed by atoms with Gasteiger partial charge in [-0.25, -0.2) is 0 Å². The van der Waals surface area contributed by atoms with E-state index in [1.807, 2.05) is 6.92 Å². The monoisotopic (exact) mass is 240 g/mol. The van der Waals surface area contributed by atoms with Gasteiger partial charge in [0.1, 0.15) is 0 Å². The predicted octanol–water partition coefficient (Wildman–Crippen LogP) is 4.25. The van der Waals surface area contributed by atoms with Gasteiger partial charge in [-0.2, -0.15) is 0 Å². The lowest BCUT2D eigenvalue weighted by Crippen LogP contribution is -2.00. The van der Waals surface area contributed by atoms with Gasteiger partial charge in [-0.15, -0.1) is 0 Å². The van der Waals surface area contributed by atoms with Crippen molar-refractivity contribution in [1.29, 1.82) is 0 Å². The lowest BCUT2D eigenvalue weighted by molar-refractivity contribution is 1.35. The predicted molar refractivity (Wildman–Crippen MR) is 79.5 cm³/mol. The molecule has 0 spiro atoms. The maximum absolute atomic E-state index is 6.12. The van der Waals surface area contributed by atoms with E-state index in [0.717, 1.165) is 22.6 Å². The molecule has 2 heteroatoms. The molecular formula is C16H20N2. The van der Waals surface area contributed by atoms with Gasteiger partial charge in [-0.3, -0.25) is 0 Å². The van der Waals surface area contributed by atoms with Crippen LogP contribution in [0.5, 0.6) is 0 Å². The summed E-state index contributed by atoms with van der Waals surface area (Å²) in [7, 11) is 0. The van der Waals surface area contributed by atoms with Crippen LogP contribution < -0.4 is 11.1 Å². The fourth-order valence-corrected chi connectivity index (χ4v) is 2.10. The highest BCUT2D eigenvalue weighted by atomic mass is 14.9. The summed E-state index contributed by atoms with van der Waals surface area (Å²) in [5.74, 6) is 0. The maximum atomic E-state index is 6.12. The van der Waals surface area contributed by atoms with Crippen LogP contribution in [0.2, 0.25) is 0 Å². The molecule has 0 amide bonds. The van der Waals surface area contributed by atoms with E-state index >= 15 is 0 Å². The van der Waals surface area contributed by atoms with Gasteiger partial charge in [0.25, 0.3) is 0 Å². The molecule has 2 nitrogen and oxygen atoms in total. The van der Waals surface area contributed by atoms with E-state index in [2.05, 4.69) is 56.4 Å². The Morgan fingerprint density at radius 1 is 0.778 bits per heavy atom. The third-order valence-electron chi connectivity index (χ3n) is 3.19. The molecule has 0 fully saturated rings. The van der Waals surface area contributed by atoms with Crippen molar-refractivity contribution in [3.63, 3.8) is 0 Å². The Labute approximate surface area is 109 Å². The zero-order chi connectivity index (χ0) is 13.3. The molecule has 2 rings (SSSR count). The van der Waals surface area contributed by atoms with Gasteiger partial charge in [0.15, 0.2) is 0 Å². The second-order valence-electron chi connectivity index (χ2n) is 4.99. The summed E-state index contributed by atoms with van der Waals surface area (Å²) < 4.78 is 0. The topological polar surface area (TPSA) is 38.0 Å². The van der Waals surface area contributed by atoms with Gasteiger partial charge in [-0.1, -0.05) is 18.2 Å². The molecule has 0 aliphatic heterocycles. The first-order valence-corrected chi connectivity index (χ1v) is 6.18. The van der Waals surface area contributed by atoms with Crippen molar-refractivity contribution < 1.29 is 0 Å².